The van der Waals surface area contributed by atoms with E-state index in [9.17, 15) is 4.79 Å². The second-order valence-electron chi connectivity index (χ2n) is 5.17. The first-order valence-electron chi connectivity index (χ1n) is 7.20. The van der Waals surface area contributed by atoms with Crippen molar-refractivity contribution in [2.45, 2.75) is 6.54 Å². The summed E-state index contributed by atoms with van der Waals surface area (Å²) in [7, 11) is 2.03. The zero-order valence-electron chi connectivity index (χ0n) is 12.6. The fraction of sp³-hybridized carbons (Fsp3) is 0.222. The van der Waals surface area contributed by atoms with Crippen LogP contribution in [0.2, 0.25) is 0 Å². The van der Waals surface area contributed by atoms with E-state index < -0.39 is 0 Å². The fourth-order valence-electron chi connectivity index (χ4n) is 2.13. The maximum Gasteiger partial charge on any atom is 0.251 e. The van der Waals surface area contributed by atoms with E-state index in [1.54, 1.807) is 24.3 Å². The summed E-state index contributed by atoms with van der Waals surface area (Å²) in [6.45, 7) is 2.21. The van der Waals surface area contributed by atoms with Crippen molar-refractivity contribution in [2.24, 2.45) is 0 Å². The number of hydrogen-bond donors (Lipinski definition) is 1. The molecule has 2 aromatic rings. The lowest BCUT2D eigenvalue weighted by Gasteiger charge is -2.17. The molecule has 0 aliphatic heterocycles. The van der Waals surface area contributed by atoms with Crippen LogP contribution < -0.4 is 5.32 Å². The second kappa shape index (κ2) is 7.96. The van der Waals surface area contributed by atoms with Crippen LogP contribution in [0.5, 0.6) is 0 Å². The third-order valence-electron chi connectivity index (χ3n) is 3.35. The van der Waals surface area contributed by atoms with E-state index >= 15 is 0 Å². The maximum atomic E-state index is 12.0. The van der Waals surface area contributed by atoms with Crippen molar-refractivity contribution in [3.8, 4) is 6.07 Å². The van der Waals surface area contributed by atoms with E-state index in [4.69, 9.17) is 5.26 Å². The molecule has 0 spiro atoms. The normalized spacial score (nSPS) is 10.2. The Balaban J connectivity index is 1.75. The molecule has 1 N–H and O–H groups in total. The van der Waals surface area contributed by atoms with Crippen molar-refractivity contribution in [1.29, 1.82) is 5.26 Å². The van der Waals surface area contributed by atoms with Gasteiger partial charge in [-0.25, -0.2) is 0 Å². The highest BCUT2D eigenvalue weighted by Crippen LogP contribution is 2.04. The van der Waals surface area contributed by atoms with Gasteiger partial charge in [0.25, 0.3) is 5.91 Å². The number of amides is 1. The van der Waals surface area contributed by atoms with Crippen LogP contribution >= 0.6 is 0 Å². The van der Waals surface area contributed by atoms with Crippen molar-refractivity contribution in [2.75, 3.05) is 20.1 Å². The summed E-state index contributed by atoms with van der Waals surface area (Å²) in [5, 5.41) is 11.6. The van der Waals surface area contributed by atoms with Crippen molar-refractivity contribution < 1.29 is 4.79 Å². The SMILES string of the molecule is CN(CCNC(=O)c1ccc(C#N)cc1)Cc1ccccc1. The van der Waals surface area contributed by atoms with Gasteiger partial charge < -0.3 is 10.2 Å². The van der Waals surface area contributed by atoms with Crippen LogP contribution in [0.15, 0.2) is 54.6 Å². The quantitative estimate of drug-likeness (QED) is 0.890. The topological polar surface area (TPSA) is 56.1 Å². The summed E-state index contributed by atoms with van der Waals surface area (Å²) >= 11 is 0. The summed E-state index contributed by atoms with van der Waals surface area (Å²) in [5.74, 6) is -0.113. The number of rotatable bonds is 6. The van der Waals surface area contributed by atoms with E-state index in [0.717, 1.165) is 13.1 Å². The highest BCUT2D eigenvalue weighted by atomic mass is 16.1. The number of nitrogens with zero attached hydrogens (tertiary/aromatic N) is 2. The van der Waals surface area contributed by atoms with Crippen LogP contribution in [0.3, 0.4) is 0 Å². The van der Waals surface area contributed by atoms with E-state index in [1.807, 2.05) is 31.3 Å². The fourth-order valence-corrected chi connectivity index (χ4v) is 2.13. The van der Waals surface area contributed by atoms with Gasteiger partial charge in [0.15, 0.2) is 0 Å². The first-order chi connectivity index (χ1) is 10.7. The first-order valence-corrected chi connectivity index (χ1v) is 7.20. The number of nitriles is 1. The summed E-state index contributed by atoms with van der Waals surface area (Å²) in [6, 6.07) is 18.9. The molecule has 22 heavy (non-hydrogen) atoms. The lowest BCUT2D eigenvalue weighted by molar-refractivity contribution is 0.0949. The zero-order chi connectivity index (χ0) is 15.8. The zero-order valence-corrected chi connectivity index (χ0v) is 12.6. The van der Waals surface area contributed by atoms with Gasteiger partial charge in [0.05, 0.1) is 11.6 Å². The van der Waals surface area contributed by atoms with Crippen molar-refractivity contribution in [3.05, 3.63) is 71.3 Å². The minimum Gasteiger partial charge on any atom is -0.351 e. The smallest absolute Gasteiger partial charge is 0.251 e. The largest absolute Gasteiger partial charge is 0.351 e. The van der Waals surface area contributed by atoms with Crippen molar-refractivity contribution in [1.82, 2.24) is 10.2 Å². The Morgan fingerprint density at radius 1 is 1.14 bits per heavy atom. The number of hydrogen-bond acceptors (Lipinski definition) is 3. The van der Waals surface area contributed by atoms with Crippen molar-refractivity contribution >= 4 is 5.91 Å². The average Bonchev–Trinajstić information content (AvgIpc) is 2.55. The lowest BCUT2D eigenvalue weighted by atomic mass is 10.1. The molecule has 0 saturated carbocycles. The van der Waals surface area contributed by atoms with E-state index in [-0.39, 0.29) is 5.91 Å². The molecule has 0 aromatic heterocycles. The molecule has 0 aliphatic carbocycles. The molecule has 4 heteroatoms. The molecule has 0 heterocycles. The van der Waals surface area contributed by atoms with Gasteiger partial charge in [-0.05, 0) is 36.9 Å². The number of benzene rings is 2. The van der Waals surface area contributed by atoms with Crippen LogP contribution in [0.1, 0.15) is 21.5 Å². The average molecular weight is 293 g/mol. The van der Waals surface area contributed by atoms with Gasteiger partial charge in [-0.15, -0.1) is 0 Å². The van der Waals surface area contributed by atoms with Crippen LogP contribution in [0.25, 0.3) is 0 Å². The summed E-state index contributed by atoms with van der Waals surface area (Å²) in [4.78, 5) is 14.1. The summed E-state index contributed by atoms with van der Waals surface area (Å²) in [5.41, 5.74) is 2.38. The predicted octanol–water partition coefficient (Wildman–Crippen LogP) is 2.42. The van der Waals surface area contributed by atoms with E-state index in [1.165, 1.54) is 5.56 Å². The molecule has 2 aromatic carbocycles. The predicted molar refractivity (Wildman–Crippen MR) is 86.3 cm³/mol. The number of carbonyl (C=O) groups is 1. The minimum absolute atomic E-state index is 0.113. The molecule has 0 saturated heterocycles. The first kappa shape index (κ1) is 15.7. The molecule has 4 nitrogen and oxygen atoms in total. The Morgan fingerprint density at radius 3 is 2.45 bits per heavy atom. The molecular formula is C18H19N3O. The molecule has 1 amide bonds. The number of likely N-dealkylation sites (N-methyl/N-ethyl adjacent to an activating group) is 1. The monoisotopic (exact) mass is 293 g/mol. The molecule has 2 rings (SSSR count). The van der Waals surface area contributed by atoms with Gasteiger partial charge in [-0.2, -0.15) is 5.26 Å². The van der Waals surface area contributed by atoms with Gasteiger partial charge in [-0.1, -0.05) is 30.3 Å². The Hall–Kier alpha value is -2.64. The Morgan fingerprint density at radius 2 is 1.82 bits per heavy atom. The van der Waals surface area contributed by atoms with Crippen LogP contribution in [0.4, 0.5) is 0 Å². The summed E-state index contributed by atoms with van der Waals surface area (Å²) in [6.07, 6.45) is 0. The molecule has 0 aliphatic rings. The number of carbonyl (C=O) groups excluding carboxylic acids is 1. The lowest BCUT2D eigenvalue weighted by Crippen LogP contribution is -2.32. The van der Waals surface area contributed by atoms with E-state index in [2.05, 4.69) is 22.3 Å². The van der Waals surface area contributed by atoms with Crippen LogP contribution in [-0.4, -0.2) is 30.9 Å². The molecule has 0 fully saturated rings. The van der Waals surface area contributed by atoms with Crippen LogP contribution in [0, 0.1) is 11.3 Å². The Kier molecular flexibility index (Phi) is 5.70. The maximum absolute atomic E-state index is 12.0. The second-order valence-corrected chi connectivity index (χ2v) is 5.17. The third kappa shape index (κ3) is 4.72. The van der Waals surface area contributed by atoms with Gasteiger partial charge in [0, 0.05) is 25.2 Å². The molecule has 112 valence electrons. The Labute approximate surface area is 131 Å². The molecule has 0 unspecified atom stereocenters. The van der Waals surface area contributed by atoms with Gasteiger partial charge >= 0.3 is 0 Å². The molecular weight excluding hydrogens is 274 g/mol. The van der Waals surface area contributed by atoms with Gasteiger partial charge in [-0.3, -0.25) is 4.79 Å². The van der Waals surface area contributed by atoms with Gasteiger partial charge in [0.1, 0.15) is 0 Å². The highest BCUT2D eigenvalue weighted by molar-refractivity contribution is 5.94. The molecule has 0 radical (unpaired) electrons. The van der Waals surface area contributed by atoms with Gasteiger partial charge in [0.2, 0.25) is 0 Å². The standard InChI is InChI=1S/C18H19N3O/c1-21(14-16-5-3-2-4-6-16)12-11-20-18(22)17-9-7-15(13-19)8-10-17/h2-10H,11-12,14H2,1H3,(H,20,22). The minimum atomic E-state index is -0.113. The summed E-state index contributed by atoms with van der Waals surface area (Å²) < 4.78 is 0. The van der Waals surface area contributed by atoms with Crippen molar-refractivity contribution in [3.63, 3.8) is 0 Å². The van der Waals surface area contributed by atoms with Crippen LogP contribution in [-0.2, 0) is 6.54 Å². The number of nitrogens with one attached hydrogen (secondary N) is 1. The highest BCUT2D eigenvalue weighted by Gasteiger charge is 2.05. The third-order valence-corrected chi connectivity index (χ3v) is 3.35. The Bertz CT molecular complexity index is 644. The molecule has 0 bridgehead atoms. The molecule has 0 atom stereocenters. The van der Waals surface area contributed by atoms with E-state index in [0.29, 0.717) is 17.7 Å².